The molecule has 0 radical (unpaired) electrons. The van der Waals surface area contributed by atoms with Gasteiger partial charge in [0.15, 0.2) is 5.13 Å². The highest BCUT2D eigenvalue weighted by Crippen LogP contribution is 2.36. The van der Waals surface area contributed by atoms with Gasteiger partial charge >= 0.3 is 0 Å². The van der Waals surface area contributed by atoms with E-state index in [1.807, 2.05) is 47.3 Å². The van der Waals surface area contributed by atoms with Crippen molar-refractivity contribution in [3.63, 3.8) is 0 Å². The number of carbonyl (C=O) groups excluding carboxylic acids is 1. The van der Waals surface area contributed by atoms with E-state index >= 15 is 0 Å². The topological polar surface area (TPSA) is 83.3 Å². The van der Waals surface area contributed by atoms with Crippen molar-refractivity contribution < 1.29 is 9.90 Å². The second kappa shape index (κ2) is 8.57. The maximum Gasteiger partial charge on any atom is 0.255 e. The van der Waals surface area contributed by atoms with Crippen LogP contribution in [0.3, 0.4) is 0 Å². The van der Waals surface area contributed by atoms with Crippen molar-refractivity contribution in [3.05, 3.63) is 64.9 Å². The predicted octanol–water partition coefficient (Wildman–Crippen LogP) is 2.95. The summed E-state index contributed by atoms with van der Waals surface area (Å²) in [6.07, 6.45) is 4.13. The summed E-state index contributed by atoms with van der Waals surface area (Å²) in [6, 6.07) is 9.75. The Morgan fingerprint density at radius 1 is 1.37 bits per heavy atom. The SMILES string of the molecule is CCCn1ncc(C(=O)N[C@]2(c3ccccc3)CCN(c3nccs3)C[C@H]2O)c1C. The minimum atomic E-state index is -0.870. The van der Waals surface area contributed by atoms with Gasteiger partial charge in [0.1, 0.15) is 0 Å². The molecule has 2 aromatic heterocycles. The zero-order valence-corrected chi connectivity index (χ0v) is 18.1. The molecular formula is C22H27N5O2S. The third-order valence-corrected chi connectivity index (χ3v) is 6.67. The summed E-state index contributed by atoms with van der Waals surface area (Å²) >= 11 is 1.55. The van der Waals surface area contributed by atoms with Crippen molar-refractivity contribution in [1.82, 2.24) is 20.1 Å². The molecule has 2 N–H and O–H groups in total. The summed E-state index contributed by atoms with van der Waals surface area (Å²) < 4.78 is 1.85. The fourth-order valence-corrected chi connectivity index (χ4v) is 4.83. The molecule has 4 rings (SSSR count). The zero-order chi connectivity index (χ0) is 21.1. The molecule has 0 bridgehead atoms. The second-order valence-electron chi connectivity index (χ2n) is 7.68. The fourth-order valence-electron chi connectivity index (χ4n) is 4.15. The Morgan fingerprint density at radius 2 is 2.17 bits per heavy atom. The molecule has 2 atom stereocenters. The van der Waals surface area contributed by atoms with Crippen LogP contribution in [0.1, 0.15) is 41.4 Å². The third kappa shape index (κ3) is 3.73. The summed E-state index contributed by atoms with van der Waals surface area (Å²) in [5.41, 5.74) is 1.43. The molecule has 1 aliphatic heterocycles. The average Bonchev–Trinajstić information content (AvgIpc) is 3.41. The summed E-state index contributed by atoms with van der Waals surface area (Å²) in [7, 11) is 0. The second-order valence-corrected chi connectivity index (χ2v) is 8.56. The van der Waals surface area contributed by atoms with Gasteiger partial charge in [-0.1, -0.05) is 37.3 Å². The summed E-state index contributed by atoms with van der Waals surface area (Å²) in [4.78, 5) is 19.7. The van der Waals surface area contributed by atoms with Crippen molar-refractivity contribution in [2.24, 2.45) is 0 Å². The minimum Gasteiger partial charge on any atom is -0.388 e. The molecule has 0 unspecified atom stereocenters. The lowest BCUT2D eigenvalue weighted by atomic mass is 9.78. The summed E-state index contributed by atoms with van der Waals surface area (Å²) in [5, 5.41) is 21.7. The van der Waals surface area contributed by atoms with E-state index in [1.54, 1.807) is 23.7 Å². The number of piperidine rings is 1. The Labute approximate surface area is 180 Å². The molecule has 0 spiro atoms. The molecule has 3 heterocycles. The Balaban J connectivity index is 1.64. The van der Waals surface area contributed by atoms with Gasteiger partial charge in [-0.05, 0) is 25.3 Å². The van der Waals surface area contributed by atoms with Crippen LogP contribution in [0.4, 0.5) is 5.13 Å². The number of β-amino-alcohol motifs (C(OH)–C–C–N with tert-alkyl or cyclic N) is 1. The highest BCUT2D eigenvalue weighted by molar-refractivity contribution is 7.13. The number of carbonyl (C=O) groups is 1. The number of amides is 1. The number of hydrogen-bond donors (Lipinski definition) is 2. The first-order valence-electron chi connectivity index (χ1n) is 10.3. The van der Waals surface area contributed by atoms with Gasteiger partial charge in [-0.2, -0.15) is 5.10 Å². The molecule has 158 valence electrons. The van der Waals surface area contributed by atoms with Crippen molar-refractivity contribution in [2.45, 2.75) is 44.9 Å². The van der Waals surface area contributed by atoms with Crippen LogP contribution in [0.2, 0.25) is 0 Å². The number of aliphatic hydroxyl groups excluding tert-OH is 1. The highest BCUT2D eigenvalue weighted by Gasteiger charge is 2.45. The maximum atomic E-state index is 13.3. The largest absolute Gasteiger partial charge is 0.388 e. The quantitative estimate of drug-likeness (QED) is 0.634. The number of rotatable bonds is 6. The Bertz CT molecular complexity index is 988. The molecule has 8 heteroatoms. The molecular weight excluding hydrogens is 398 g/mol. The lowest BCUT2D eigenvalue weighted by Crippen LogP contribution is -2.62. The highest BCUT2D eigenvalue weighted by atomic mass is 32.1. The number of anilines is 1. The number of nitrogens with one attached hydrogen (secondary N) is 1. The van der Waals surface area contributed by atoms with Gasteiger partial charge in [-0.15, -0.1) is 11.3 Å². The Kier molecular flexibility index (Phi) is 5.87. The first-order chi connectivity index (χ1) is 14.5. The molecule has 7 nitrogen and oxygen atoms in total. The van der Waals surface area contributed by atoms with E-state index in [0.29, 0.717) is 25.1 Å². The van der Waals surface area contributed by atoms with E-state index < -0.39 is 11.6 Å². The van der Waals surface area contributed by atoms with E-state index in [-0.39, 0.29) is 5.91 Å². The standard InChI is InChI=1S/C22H27N5O2S/c1-3-11-27-16(2)18(14-24-27)20(29)25-22(17-7-5-4-6-8-17)9-12-26(15-19(22)28)21-23-10-13-30-21/h4-8,10,13-14,19,28H,3,9,11-12,15H2,1-2H3,(H,25,29)/t19-,22+/m1/s1. The van der Waals surface area contributed by atoms with Crippen molar-refractivity contribution in [2.75, 3.05) is 18.0 Å². The van der Waals surface area contributed by atoms with Crippen LogP contribution in [0.5, 0.6) is 0 Å². The smallest absolute Gasteiger partial charge is 0.255 e. The number of aliphatic hydroxyl groups is 1. The van der Waals surface area contributed by atoms with Crippen LogP contribution in [-0.4, -0.2) is 45.0 Å². The van der Waals surface area contributed by atoms with Crippen LogP contribution >= 0.6 is 11.3 Å². The lowest BCUT2D eigenvalue weighted by Gasteiger charge is -2.46. The minimum absolute atomic E-state index is 0.208. The Hall–Kier alpha value is -2.71. The molecule has 1 amide bonds. The molecule has 0 aliphatic carbocycles. The average molecular weight is 426 g/mol. The number of benzene rings is 1. The fraction of sp³-hybridized carbons (Fsp3) is 0.409. The van der Waals surface area contributed by atoms with Gasteiger partial charge < -0.3 is 15.3 Å². The number of aryl methyl sites for hydroxylation is 1. The van der Waals surface area contributed by atoms with E-state index in [4.69, 9.17) is 0 Å². The van der Waals surface area contributed by atoms with Crippen molar-refractivity contribution in [1.29, 1.82) is 0 Å². The van der Waals surface area contributed by atoms with Gasteiger partial charge in [0.25, 0.3) is 5.91 Å². The maximum absolute atomic E-state index is 13.3. The molecule has 1 saturated heterocycles. The molecule has 1 aliphatic rings. The molecule has 0 saturated carbocycles. The van der Waals surface area contributed by atoms with Crippen LogP contribution in [0.15, 0.2) is 48.1 Å². The van der Waals surface area contributed by atoms with Gasteiger partial charge in [0, 0.05) is 36.9 Å². The van der Waals surface area contributed by atoms with Gasteiger partial charge in [0.05, 0.1) is 23.4 Å². The van der Waals surface area contributed by atoms with Crippen LogP contribution in [0, 0.1) is 6.92 Å². The number of hydrogen-bond acceptors (Lipinski definition) is 6. The number of nitrogens with zero attached hydrogens (tertiary/aromatic N) is 4. The first-order valence-corrected chi connectivity index (χ1v) is 11.2. The van der Waals surface area contributed by atoms with E-state index in [1.165, 1.54) is 0 Å². The van der Waals surface area contributed by atoms with E-state index in [9.17, 15) is 9.90 Å². The van der Waals surface area contributed by atoms with Crippen LogP contribution in [0.25, 0.3) is 0 Å². The Morgan fingerprint density at radius 3 is 2.83 bits per heavy atom. The third-order valence-electron chi connectivity index (χ3n) is 5.84. The molecule has 30 heavy (non-hydrogen) atoms. The van der Waals surface area contributed by atoms with Crippen molar-refractivity contribution >= 4 is 22.4 Å². The molecule has 3 aromatic rings. The summed E-state index contributed by atoms with van der Waals surface area (Å²) in [6.45, 7) is 5.85. The summed E-state index contributed by atoms with van der Waals surface area (Å²) in [5.74, 6) is -0.208. The van der Waals surface area contributed by atoms with Gasteiger partial charge in [0.2, 0.25) is 0 Å². The predicted molar refractivity (Wildman–Crippen MR) is 118 cm³/mol. The monoisotopic (exact) mass is 425 g/mol. The molecule has 1 fully saturated rings. The van der Waals surface area contributed by atoms with Crippen LogP contribution < -0.4 is 10.2 Å². The van der Waals surface area contributed by atoms with Gasteiger partial charge in [-0.3, -0.25) is 9.48 Å². The molecule has 1 aromatic carbocycles. The zero-order valence-electron chi connectivity index (χ0n) is 17.3. The number of thiazole rings is 1. The number of aromatic nitrogens is 3. The van der Waals surface area contributed by atoms with Crippen LogP contribution in [-0.2, 0) is 12.1 Å². The lowest BCUT2D eigenvalue weighted by molar-refractivity contribution is 0.0366. The first kappa shape index (κ1) is 20.6. The normalized spacial score (nSPS) is 21.6. The van der Waals surface area contributed by atoms with E-state index in [2.05, 4.69) is 27.2 Å². The van der Waals surface area contributed by atoms with Crippen molar-refractivity contribution in [3.8, 4) is 0 Å². The van der Waals surface area contributed by atoms with E-state index in [0.717, 1.165) is 29.4 Å². The van der Waals surface area contributed by atoms with Gasteiger partial charge in [-0.25, -0.2) is 4.98 Å².